The maximum Gasteiger partial charge on any atom is 0.255 e. The summed E-state index contributed by atoms with van der Waals surface area (Å²) in [6.07, 6.45) is 6.85. The van der Waals surface area contributed by atoms with Crippen LogP contribution in [-0.2, 0) is 9.53 Å². The fourth-order valence-corrected chi connectivity index (χ4v) is 4.64. The van der Waals surface area contributed by atoms with Crippen molar-refractivity contribution < 1.29 is 14.3 Å². The number of carbonyl (C=O) groups is 2. The maximum absolute atomic E-state index is 13.0. The predicted molar refractivity (Wildman–Crippen MR) is 141 cm³/mol. The molecule has 5 rings (SSSR count). The Kier molecular flexibility index (Phi) is 7.14. The minimum Gasteiger partial charge on any atom is -0.383 e. The number of ether oxygens (including phenoxy) is 1. The first-order valence-corrected chi connectivity index (χ1v) is 12.4. The number of benzene rings is 2. The minimum absolute atomic E-state index is 0.0132. The Labute approximate surface area is 215 Å². The van der Waals surface area contributed by atoms with Crippen molar-refractivity contribution in [3.63, 3.8) is 0 Å². The summed E-state index contributed by atoms with van der Waals surface area (Å²) in [5.41, 5.74) is 4.77. The number of imidazole rings is 1. The van der Waals surface area contributed by atoms with E-state index >= 15 is 0 Å². The Hall–Kier alpha value is -4.24. The Morgan fingerprint density at radius 1 is 1.14 bits per heavy atom. The van der Waals surface area contributed by atoms with E-state index in [1.807, 2.05) is 41.1 Å². The SMILES string of the molecule is CC(=O)N1CCC(NC2CCOC2)=C(C(=N)c2cccc(C(=O)Nc3ccc(-n4ccnc4)cc3)c2)C1. The van der Waals surface area contributed by atoms with Gasteiger partial charge in [0.2, 0.25) is 5.91 Å². The van der Waals surface area contributed by atoms with E-state index in [4.69, 9.17) is 10.1 Å². The zero-order chi connectivity index (χ0) is 25.8. The van der Waals surface area contributed by atoms with Crippen LogP contribution in [0.15, 0.2) is 78.5 Å². The zero-order valence-electron chi connectivity index (χ0n) is 20.7. The van der Waals surface area contributed by atoms with Crippen LogP contribution >= 0.6 is 0 Å². The molecule has 1 unspecified atom stereocenters. The van der Waals surface area contributed by atoms with Gasteiger partial charge < -0.3 is 24.8 Å². The van der Waals surface area contributed by atoms with E-state index in [-0.39, 0.29) is 17.9 Å². The molecule has 1 saturated heterocycles. The third kappa shape index (κ3) is 5.62. The fraction of sp³-hybridized carbons (Fsp3) is 0.286. The number of carbonyl (C=O) groups excluding carboxylic acids is 2. The summed E-state index contributed by atoms with van der Waals surface area (Å²) in [5.74, 6) is -0.268. The molecule has 1 aromatic heterocycles. The highest BCUT2D eigenvalue weighted by Crippen LogP contribution is 2.23. The normalized spacial score (nSPS) is 17.5. The molecule has 0 aliphatic carbocycles. The molecule has 1 fully saturated rings. The van der Waals surface area contributed by atoms with Crippen LogP contribution < -0.4 is 10.6 Å². The molecule has 0 spiro atoms. The number of amides is 2. The second-order valence-corrected chi connectivity index (χ2v) is 9.28. The molecule has 9 heteroatoms. The van der Waals surface area contributed by atoms with Gasteiger partial charge in [-0.3, -0.25) is 15.0 Å². The van der Waals surface area contributed by atoms with E-state index in [0.29, 0.717) is 48.6 Å². The standard InChI is InChI=1S/C28H30N6O3/c1-19(35)33-12-9-26(31-23-10-14-37-17-23)25(16-33)27(29)20-3-2-4-21(15-20)28(36)32-22-5-7-24(8-6-22)34-13-11-30-18-34/h2-8,11,13,15,18,23,29,31H,9-10,12,14,16-17H2,1H3,(H,32,36). The summed E-state index contributed by atoms with van der Waals surface area (Å²) in [5, 5.41) is 15.5. The van der Waals surface area contributed by atoms with Crippen LogP contribution in [0.1, 0.15) is 35.7 Å². The molecule has 190 valence electrons. The van der Waals surface area contributed by atoms with E-state index in [1.54, 1.807) is 42.5 Å². The van der Waals surface area contributed by atoms with E-state index in [2.05, 4.69) is 15.6 Å². The van der Waals surface area contributed by atoms with Crippen molar-refractivity contribution in [2.75, 3.05) is 31.6 Å². The quantitative estimate of drug-likeness (QED) is 0.433. The van der Waals surface area contributed by atoms with E-state index in [1.165, 1.54) is 0 Å². The number of anilines is 1. The van der Waals surface area contributed by atoms with Crippen molar-refractivity contribution in [1.29, 1.82) is 5.41 Å². The average molecular weight is 499 g/mol. The molecule has 0 radical (unpaired) electrons. The first kappa shape index (κ1) is 24.5. The molecule has 0 bridgehead atoms. The molecule has 2 aliphatic heterocycles. The van der Waals surface area contributed by atoms with Crippen LogP contribution in [-0.4, -0.2) is 64.3 Å². The third-order valence-electron chi connectivity index (χ3n) is 6.74. The largest absolute Gasteiger partial charge is 0.383 e. The van der Waals surface area contributed by atoms with Crippen molar-refractivity contribution in [3.8, 4) is 5.69 Å². The Morgan fingerprint density at radius 2 is 1.95 bits per heavy atom. The topological polar surface area (TPSA) is 112 Å². The molecule has 3 N–H and O–H groups in total. The lowest BCUT2D eigenvalue weighted by atomic mass is 9.94. The van der Waals surface area contributed by atoms with Gasteiger partial charge in [0.25, 0.3) is 5.91 Å². The molecular formula is C28H30N6O3. The highest BCUT2D eigenvalue weighted by atomic mass is 16.5. The summed E-state index contributed by atoms with van der Waals surface area (Å²) in [7, 11) is 0. The highest BCUT2D eigenvalue weighted by molar-refractivity contribution is 6.13. The van der Waals surface area contributed by atoms with Gasteiger partial charge in [-0.05, 0) is 42.8 Å². The van der Waals surface area contributed by atoms with Gasteiger partial charge in [0, 0.05) is 79.2 Å². The number of hydrogen-bond donors (Lipinski definition) is 3. The molecule has 9 nitrogen and oxygen atoms in total. The highest BCUT2D eigenvalue weighted by Gasteiger charge is 2.27. The number of rotatable bonds is 7. The molecular weight excluding hydrogens is 468 g/mol. The summed E-state index contributed by atoms with van der Waals surface area (Å²) in [6.45, 7) is 3.89. The van der Waals surface area contributed by atoms with Gasteiger partial charge in [0.05, 0.1) is 24.7 Å². The first-order chi connectivity index (χ1) is 18.0. The monoisotopic (exact) mass is 498 g/mol. The molecule has 2 aromatic carbocycles. The predicted octanol–water partition coefficient (Wildman–Crippen LogP) is 3.38. The van der Waals surface area contributed by atoms with Gasteiger partial charge in [0.15, 0.2) is 0 Å². The molecule has 3 heterocycles. The number of nitrogens with one attached hydrogen (secondary N) is 3. The Bertz CT molecular complexity index is 1320. The zero-order valence-corrected chi connectivity index (χ0v) is 20.7. The van der Waals surface area contributed by atoms with Crippen molar-refractivity contribution >= 4 is 23.2 Å². The second-order valence-electron chi connectivity index (χ2n) is 9.28. The lowest BCUT2D eigenvalue weighted by Gasteiger charge is -2.32. The van der Waals surface area contributed by atoms with Crippen LogP contribution in [0.25, 0.3) is 5.69 Å². The molecule has 2 amide bonds. The van der Waals surface area contributed by atoms with Crippen LogP contribution in [0.5, 0.6) is 0 Å². The lowest BCUT2D eigenvalue weighted by Crippen LogP contribution is -2.42. The Balaban J connectivity index is 1.34. The molecule has 2 aliphatic rings. The van der Waals surface area contributed by atoms with Crippen molar-refractivity contribution in [2.24, 2.45) is 0 Å². The van der Waals surface area contributed by atoms with E-state index < -0.39 is 0 Å². The maximum atomic E-state index is 13.0. The minimum atomic E-state index is -0.255. The van der Waals surface area contributed by atoms with Gasteiger partial charge in [0.1, 0.15) is 0 Å². The smallest absolute Gasteiger partial charge is 0.255 e. The van der Waals surface area contributed by atoms with Crippen LogP contribution in [0.3, 0.4) is 0 Å². The van der Waals surface area contributed by atoms with Gasteiger partial charge in [-0.15, -0.1) is 0 Å². The summed E-state index contributed by atoms with van der Waals surface area (Å²) in [4.78, 5) is 30.9. The van der Waals surface area contributed by atoms with Gasteiger partial charge in [-0.25, -0.2) is 4.98 Å². The summed E-state index contributed by atoms with van der Waals surface area (Å²) >= 11 is 0. The van der Waals surface area contributed by atoms with Crippen LogP contribution in [0.4, 0.5) is 5.69 Å². The average Bonchev–Trinajstić information content (AvgIpc) is 3.64. The van der Waals surface area contributed by atoms with Gasteiger partial charge >= 0.3 is 0 Å². The van der Waals surface area contributed by atoms with E-state index in [0.717, 1.165) is 30.0 Å². The number of aromatic nitrogens is 2. The van der Waals surface area contributed by atoms with Crippen LogP contribution in [0.2, 0.25) is 0 Å². The van der Waals surface area contributed by atoms with Crippen LogP contribution in [0, 0.1) is 5.41 Å². The second kappa shape index (κ2) is 10.8. The lowest BCUT2D eigenvalue weighted by molar-refractivity contribution is -0.128. The molecule has 37 heavy (non-hydrogen) atoms. The van der Waals surface area contributed by atoms with Gasteiger partial charge in [-0.2, -0.15) is 0 Å². The molecule has 1 atom stereocenters. The molecule has 3 aromatic rings. The number of hydrogen-bond acceptors (Lipinski definition) is 6. The number of nitrogens with zero attached hydrogens (tertiary/aromatic N) is 3. The van der Waals surface area contributed by atoms with Crippen molar-refractivity contribution in [2.45, 2.75) is 25.8 Å². The van der Waals surface area contributed by atoms with E-state index in [9.17, 15) is 9.59 Å². The van der Waals surface area contributed by atoms with Gasteiger partial charge in [-0.1, -0.05) is 12.1 Å². The van der Waals surface area contributed by atoms with Crippen molar-refractivity contribution in [3.05, 3.63) is 89.6 Å². The summed E-state index contributed by atoms with van der Waals surface area (Å²) in [6, 6.07) is 14.8. The third-order valence-corrected chi connectivity index (χ3v) is 6.74. The summed E-state index contributed by atoms with van der Waals surface area (Å²) < 4.78 is 7.39. The van der Waals surface area contributed by atoms with Crippen molar-refractivity contribution in [1.82, 2.24) is 19.8 Å². The first-order valence-electron chi connectivity index (χ1n) is 12.4. The fourth-order valence-electron chi connectivity index (χ4n) is 4.64. The Morgan fingerprint density at radius 3 is 2.65 bits per heavy atom. The molecule has 0 saturated carbocycles.